The third-order valence-corrected chi connectivity index (χ3v) is 7.66. The predicted octanol–water partition coefficient (Wildman–Crippen LogP) is 5.50. The van der Waals surface area contributed by atoms with Crippen molar-refractivity contribution in [3.05, 3.63) is 81.9 Å². The molecule has 0 spiro atoms. The Labute approximate surface area is 221 Å². The first-order chi connectivity index (χ1) is 17.9. The first-order valence-electron chi connectivity index (χ1n) is 12.3. The highest BCUT2D eigenvalue weighted by Crippen LogP contribution is 2.46. The second-order valence-electron chi connectivity index (χ2n) is 9.02. The third-order valence-electron chi connectivity index (χ3n) is 6.79. The maximum Gasteiger partial charge on any atom is 0.336 e. The molecule has 0 aromatic heterocycles. The molecule has 4 rings (SSSR count). The van der Waals surface area contributed by atoms with Gasteiger partial charge in [-0.25, -0.2) is 9.18 Å². The molecule has 0 radical (unpaired) electrons. The number of carbonyl (C=O) groups is 2. The average molecular weight is 526 g/mol. The van der Waals surface area contributed by atoms with Crippen LogP contribution in [0.4, 0.5) is 4.39 Å². The van der Waals surface area contributed by atoms with Crippen LogP contribution in [-0.4, -0.2) is 44.1 Å². The summed E-state index contributed by atoms with van der Waals surface area (Å²) in [5.74, 6) is 1.28. The number of hydrogen-bond acceptors (Lipinski definition) is 7. The summed E-state index contributed by atoms with van der Waals surface area (Å²) in [5.41, 5.74) is 4.01. The Balaban J connectivity index is 1.70. The lowest BCUT2D eigenvalue weighted by Gasteiger charge is -2.36. The van der Waals surface area contributed by atoms with E-state index in [9.17, 15) is 14.0 Å². The van der Waals surface area contributed by atoms with Crippen molar-refractivity contribution in [1.82, 2.24) is 5.32 Å². The monoisotopic (exact) mass is 525 g/mol. The summed E-state index contributed by atoms with van der Waals surface area (Å²) in [4.78, 5) is 27.0. The number of methoxy groups -OCH3 is 2. The maximum atomic E-state index is 13.8. The van der Waals surface area contributed by atoms with Crippen molar-refractivity contribution in [2.75, 3.05) is 32.3 Å². The van der Waals surface area contributed by atoms with Crippen LogP contribution in [0.3, 0.4) is 0 Å². The largest absolute Gasteiger partial charge is 0.493 e. The molecule has 37 heavy (non-hydrogen) atoms. The van der Waals surface area contributed by atoms with Gasteiger partial charge in [0.2, 0.25) is 0 Å². The number of hydrogen-bond donors (Lipinski definition) is 1. The molecule has 0 amide bonds. The van der Waals surface area contributed by atoms with E-state index in [1.165, 1.54) is 12.1 Å². The summed E-state index contributed by atoms with van der Waals surface area (Å²) in [6.07, 6.45) is 0.864. The molecule has 0 saturated heterocycles. The van der Waals surface area contributed by atoms with Crippen LogP contribution in [0.1, 0.15) is 49.7 Å². The van der Waals surface area contributed by atoms with E-state index >= 15 is 0 Å². The van der Waals surface area contributed by atoms with E-state index in [0.717, 1.165) is 17.0 Å². The van der Waals surface area contributed by atoms with Crippen molar-refractivity contribution in [2.45, 2.75) is 38.5 Å². The Hall–Kier alpha value is -3.26. The van der Waals surface area contributed by atoms with Gasteiger partial charge in [0.05, 0.1) is 19.8 Å². The van der Waals surface area contributed by atoms with E-state index in [4.69, 9.17) is 14.2 Å². The van der Waals surface area contributed by atoms with E-state index in [-0.39, 0.29) is 30.5 Å². The Kier molecular flexibility index (Phi) is 8.59. The Bertz CT molecular complexity index is 1240. The molecular weight excluding hydrogens is 493 g/mol. The van der Waals surface area contributed by atoms with Gasteiger partial charge in [-0.15, -0.1) is 0 Å². The number of rotatable bonds is 9. The van der Waals surface area contributed by atoms with Crippen molar-refractivity contribution >= 4 is 23.5 Å². The topological polar surface area (TPSA) is 73.9 Å². The molecule has 1 aliphatic carbocycles. The van der Waals surface area contributed by atoms with Crippen LogP contribution in [0, 0.1) is 5.82 Å². The van der Waals surface area contributed by atoms with Gasteiger partial charge in [0.25, 0.3) is 0 Å². The number of carbonyl (C=O) groups excluding carboxylic acids is 2. The number of esters is 1. The quantitative estimate of drug-likeness (QED) is 0.342. The molecule has 0 bridgehead atoms. The van der Waals surface area contributed by atoms with Gasteiger partial charge in [-0.2, -0.15) is 11.8 Å². The number of ether oxygens (including phenoxy) is 3. The van der Waals surface area contributed by atoms with E-state index < -0.39 is 11.9 Å². The molecular formula is C29H32FNO5S. The fraction of sp³-hybridized carbons (Fsp3) is 0.379. The molecule has 6 nitrogen and oxygen atoms in total. The smallest absolute Gasteiger partial charge is 0.336 e. The van der Waals surface area contributed by atoms with Crippen molar-refractivity contribution in [3.63, 3.8) is 0 Å². The highest BCUT2D eigenvalue weighted by Gasteiger charge is 2.41. The van der Waals surface area contributed by atoms with E-state index in [1.54, 1.807) is 38.1 Å². The van der Waals surface area contributed by atoms with Gasteiger partial charge in [0.1, 0.15) is 12.4 Å². The molecule has 2 aliphatic rings. The Morgan fingerprint density at radius 1 is 1.05 bits per heavy atom. The Morgan fingerprint density at radius 3 is 2.43 bits per heavy atom. The minimum Gasteiger partial charge on any atom is -0.493 e. The minimum absolute atomic E-state index is 0.0535. The van der Waals surface area contributed by atoms with Crippen LogP contribution in [-0.2, 0) is 14.3 Å². The summed E-state index contributed by atoms with van der Waals surface area (Å²) in [7, 11) is 3.17. The molecule has 0 saturated carbocycles. The fourth-order valence-electron chi connectivity index (χ4n) is 5.06. The number of nitrogens with one attached hydrogen (secondary N) is 1. The van der Waals surface area contributed by atoms with Crippen molar-refractivity contribution < 1.29 is 28.2 Å². The third kappa shape index (κ3) is 5.69. The van der Waals surface area contributed by atoms with E-state index in [0.29, 0.717) is 46.1 Å². The van der Waals surface area contributed by atoms with Gasteiger partial charge >= 0.3 is 5.97 Å². The molecule has 2 aromatic rings. The number of allylic oxidation sites excluding steroid dienone is 3. The molecule has 0 unspecified atom stereocenters. The number of thioether (sulfide) groups is 1. The van der Waals surface area contributed by atoms with Gasteiger partial charge < -0.3 is 19.5 Å². The molecule has 1 aliphatic heterocycles. The maximum absolute atomic E-state index is 13.8. The average Bonchev–Trinajstić information content (AvgIpc) is 2.90. The predicted molar refractivity (Wildman–Crippen MR) is 142 cm³/mol. The molecule has 2 aromatic carbocycles. The lowest BCUT2D eigenvalue weighted by molar-refractivity contribution is -0.138. The number of halogens is 1. The molecule has 2 atom stereocenters. The lowest BCUT2D eigenvalue weighted by Crippen LogP contribution is -2.36. The first kappa shape index (κ1) is 26.8. The molecule has 196 valence electrons. The number of ketones is 1. The highest BCUT2D eigenvalue weighted by atomic mass is 32.2. The van der Waals surface area contributed by atoms with Crippen molar-refractivity contribution in [3.8, 4) is 11.5 Å². The molecule has 1 heterocycles. The summed E-state index contributed by atoms with van der Waals surface area (Å²) in [6.45, 7) is 4.15. The number of dihydropyridines is 1. The van der Waals surface area contributed by atoms with Gasteiger partial charge in [-0.1, -0.05) is 25.1 Å². The summed E-state index contributed by atoms with van der Waals surface area (Å²) >= 11 is 1.69. The second kappa shape index (κ2) is 11.9. The van der Waals surface area contributed by atoms with Crippen LogP contribution in [0.25, 0.3) is 0 Å². The van der Waals surface area contributed by atoms with E-state index in [1.807, 2.05) is 32.0 Å². The van der Waals surface area contributed by atoms with Crippen LogP contribution < -0.4 is 14.8 Å². The van der Waals surface area contributed by atoms with Crippen LogP contribution in [0.5, 0.6) is 11.5 Å². The second-order valence-corrected chi connectivity index (χ2v) is 10.4. The molecule has 1 N–H and O–H groups in total. The van der Waals surface area contributed by atoms with Gasteiger partial charge in [-0.05, 0) is 60.4 Å². The Morgan fingerprint density at radius 2 is 1.76 bits per heavy atom. The zero-order valence-corrected chi connectivity index (χ0v) is 22.4. The summed E-state index contributed by atoms with van der Waals surface area (Å²) < 4.78 is 30.2. The molecule has 8 heteroatoms. The zero-order valence-electron chi connectivity index (χ0n) is 21.6. The molecule has 0 fully saturated rings. The van der Waals surface area contributed by atoms with Gasteiger partial charge in [-0.3, -0.25) is 4.79 Å². The van der Waals surface area contributed by atoms with Gasteiger partial charge in [0, 0.05) is 35.1 Å². The van der Waals surface area contributed by atoms with E-state index in [2.05, 4.69) is 5.32 Å². The standard InChI is InChI=1S/C29H32FNO5S/c1-5-37-13-12-36-29(33)26-17(2)31-22-14-20(19-8-11-24(34-3)25(16-19)35-4)15-23(32)28(22)27(26)18-6-9-21(30)10-7-18/h6-11,16,20,27,31H,5,12-15H2,1-4H3/t20-,27+/m0/s1. The summed E-state index contributed by atoms with van der Waals surface area (Å²) in [6, 6.07) is 11.7. The van der Waals surface area contributed by atoms with Crippen LogP contribution >= 0.6 is 11.8 Å². The van der Waals surface area contributed by atoms with Crippen LogP contribution in [0.2, 0.25) is 0 Å². The SMILES string of the molecule is CCSCCOC(=O)C1=C(C)NC2=C(C(=O)C[C@@H](c3ccc(OC)c(OC)c3)C2)[C@@H]1c1ccc(F)cc1. The fourth-order valence-corrected chi connectivity index (χ4v) is 5.55. The van der Waals surface area contributed by atoms with Crippen LogP contribution in [0.15, 0.2) is 65.0 Å². The normalized spacial score (nSPS) is 19.3. The lowest BCUT2D eigenvalue weighted by atomic mass is 9.71. The first-order valence-corrected chi connectivity index (χ1v) is 13.5. The van der Waals surface area contributed by atoms with Gasteiger partial charge in [0.15, 0.2) is 17.3 Å². The number of Topliss-reactive ketones (excluding diaryl/α,β-unsaturated/α-hetero) is 1. The highest BCUT2D eigenvalue weighted by molar-refractivity contribution is 7.99. The zero-order chi connectivity index (χ0) is 26.5. The minimum atomic E-state index is -0.623. The van der Waals surface area contributed by atoms with Crippen molar-refractivity contribution in [1.29, 1.82) is 0 Å². The van der Waals surface area contributed by atoms with Crippen molar-refractivity contribution in [2.24, 2.45) is 0 Å². The summed E-state index contributed by atoms with van der Waals surface area (Å²) in [5, 5.41) is 3.35. The number of benzene rings is 2.